The summed E-state index contributed by atoms with van der Waals surface area (Å²) in [4.78, 5) is 9.98. The molecule has 0 fully saturated rings. The van der Waals surface area contributed by atoms with E-state index in [1.807, 2.05) is 0 Å². The summed E-state index contributed by atoms with van der Waals surface area (Å²) >= 11 is 0. The van der Waals surface area contributed by atoms with Gasteiger partial charge in [0.2, 0.25) is 0 Å². The number of nitro groups is 1. The Kier molecular flexibility index (Phi) is 3.24. The zero-order valence-corrected chi connectivity index (χ0v) is 9.37. The highest BCUT2D eigenvalue weighted by Crippen LogP contribution is 2.19. The molecule has 0 unspecified atom stereocenters. The van der Waals surface area contributed by atoms with Crippen molar-refractivity contribution in [1.82, 2.24) is 25.5 Å². The molecule has 0 aliphatic rings. The molecule has 0 aliphatic heterocycles. The van der Waals surface area contributed by atoms with Gasteiger partial charge >= 0.3 is 0 Å². The Morgan fingerprint density at radius 2 is 2.28 bits per heavy atom. The van der Waals surface area contributed by atoms with Crippen molar-refractivity contribution < 1.29 is 9.31 Å². The van der Waals surface area contributed by atoms with Crippen LogP contribution in [0.5, 0.6) is 0 Å². The lowest BCUT2D eigenvalue weighted by Crippen LogP contribution is -2.12. The van der Waals surface area contributed by atoms with Crippen molar-refractivity contribution in [3.63, 3.8) is 0 Å². The van der Waals surface area contributed by atoms with E-state index in [0.29, 0.717) is 12.4 Å². The second kappa shape index (κ2) is 4.84. The molecule has 0 bridgehead atoms. The van der Waals surface area contributed by atoms with E-state index in [2.05, 4.69) is 20.8 Å². The van der Waals surface area contributed by atoms with Crippen molar-refractivity contribution in [2.24, 2.45) is 0 Å². The minimum Gasteiger partial charge on any atom is -0.313 e. The molecular weight excluding hydrogens is 243 g/mol. The fourth-order valence-corrected chi connectivity index (χ4v) is 1.46. The van der Waals surface area contributed by atoms with Crippen LogP contribution in [0.1, 0.15) is 5.82 Å². The predicted octanol–water partition coefficient (Wildman–Crippen LogP) is 0.429. The van der Waals surface area contributed by atoms with Crippen LogP contribution < -0.4 is 5.32 Å². The van der Waals surface area contributed by atoms with Crippen molar-refractivity contribution in [2.75, 3.05) is 7.05 Å². The van der Waals surface area contributed by atoms with Gasteiger partial charge in [0.05, 0.1) is 23.2 Å². The number of non-ortho nitro benzene ring substituents is 1. The molecule has 1 N–H and O–H groups in total. The standard InChI is InChI=1S/C9H9FN6O2/c1-11-5-9-12-13-14-15(9)7-2-6(10)3-8(4-7)16(17)18/h2-4,11H,5H2,1H3. The summed E-state index contributed by atoms with van der Waals surface area (Å²) in [5, 5.41) is 24.4. The maximum absolute atomic E-state index is 13.3. The zero-order valence-electron chi connectivity index (χ0n) is 9.37. The first-order chi connectivity index (χ1) is 8.61. The lowest BCUT2D eigenvalue weighted by atomic mass is 10.2. The van der Waals surface area contributed by atoms with Gasteiger partial charge in [-0.05, 0) is 17.5 Å². The Balaban J connectivity index is 2.49. The fourth-order valence-electron chi connectivity index (χ4n) is 1.46. The summed E-state index contributed by atoms with van der Waals surface area (Å²) in [6.45, 7) is 0.358. The lowest BCUT2D eigenvalue weighted by molar-refractivity contribution is -0.385. The molecule has 0 spiro atoms. The molecule has 1 aromatic heterocycles. The average molecular weight is 252 g/mol. The van der Waals surface area contributed by atoms with Crippen LogP contribution in [0.2, 0.25) is 0 Å². The third-order valence-corrected chi connectivity index (χ3v) is 2.19. The van der Waals surface area contributed by atoms with E-state index in [1.54, 1.807) is 7.05 Å². The molecule has 0 amide bonds. The third-order valence-electron chi connectivity index (χ3n) is 2.19. The van der Waals surface area contributed by atoms with E-state index in [-0.39, 0.29) is 11.4 Å². The normalized spacial score (nSPS) is 10.6. The molecular formula is C9H9FN6O2. The Morgan fingerprint density at radius 3 is 2.94 bits per heavy atom. The van der Waals surface area contributed by atoms with E-state index < -0.39 is 10.7 Å². The molecule has 0 atom stereocenters. The Hall–Kier alpha value is -2.42. The van der Waals surface area contributed by atoms with Gasteiger partial charge in [-0.3, -0.25) is 10.1 Å². The van der Waals surface area contributed by atoms with Crippen molar-refractivity contribution in [3.05, 3.63) is 40.0 Å². The molecule has 0 aliphatic carbocycles. The van der Waals surface area contributed by atoms with Gasteiger partial charge in [0.25, 0.3) is 5.69 Å². The predicted molar refractivity (Wildman–Crippen MR) is 58.5 cm³/mol. The topological polar surface area (TPSA) is 98.8 Å². The molecule has 0 radical (unpaired) electrons. The number of nitrogens with one attached hydrogen (secondary N) is 1. The molecule has 94 valence electrons. The molecule has 2 aromatic rings. The Labute approximate surface area is 101 Å². The lowest BCUT2D eigenvalue weighted by Gasteiger charge is -2.04. The van der Waals surface area contributed by atoms with E-state index >= 15 is 0 Å². The summed E-state index contributed by atoms with van der Waals surface area (Å²) < 4.78 is 14.5. The van der Waals surface area contributed by atoms with E-state index in [4.69, 9.17) is 0 Å². The van der Waals surface area contributed by atoms with Crippen LogP contribution in [0.15, 0.2) is 18.2 Å². The molecule has 9 heteroatoms. The summed E-state index contributed by atoms with van der Waals surface area (Å²) in [6, 6.07) is 3.17. The number of nitrogens with zero attached hydrogens (tertiary/aromatic N) is 5. The van der Waals surface area contributed by atoms with Crippen molar-refractivity contribution >= 4 is 5.69 Å². The monoisotopic (exact) mass is 252 g/mol. The van der Waals surface area contributed by atoms with Crippen molar-refractivity contribution in [3.8, 4) is 5.69 Å². The first-order valence-electron chi connectivity index (χ1n) is 4.99. The quantitative estimate of drug-likeness (QED) is 0.625. The van der Waals surface area contributed by atoms with Gasteiger partial charge in [-0.15, -0.1) is 5.10 Å². The molecule has 2 rings (SSSR count). The molecule has 18 heavy (non-hydrogen) atoms. The van der Waals surface area contributed by atoms with Crippen LogP contribution in [0.25, 0.3) is 5.69 Å². The first kappa shape index (κ1) is 12.0. The molecule has 1 heterocycles. The molecule has 1 aromatic carbocycles. The van der Waals surface area contributed by atoms with Gasteiger partial charge in [0, 0.05) is 12.1 Å². The number of halogens is 1. The number of hydrogen-bond donors (Lipinski definition) is 1. The van der Waals surface area contributed by atoms with E-state index in [1.165, 1.54) is 10.7 Å². The second-order valence-corrected chi connectivity index (χ2v) is 3.46. The SMILES string of the molecule is CNCc1nnnn1-c1cc(F)cc([N+](=O)[O-])c1. The van der Waals surface area contributed by atoms with Crippen LogP contribution >= 0.6 is 0 Å². The molecule has 0 saturated carbocycles. The van der Waals surface area contributed by atoms with E-state index in [9.17, 15) is 14.5 Å². The van der Waals surface area contributed by atoms with E-state index in [0.717, 1.165) is 12.1 Å². The van der Waals surface area contributed by atoms with Crippen molar-refractivity contribution in [1.29, 1.82) is 0 Å². The number of rotatable bonds is 4. The van der Waals surface area contributed by atoms with Gasteiger partial charge in [-0.1, -0.05) is 0 Å². The van der Waals surface area contributed by atoms with Gasteiger partial charge in [0.15, 0.2) is 5.82 Å². The van der Waals surface area contributed by atoms with Crippen LogP contribution in [0.3, 0.4) is 0 Å². The smallest absolute Gasteiger partial charge is 0.274 e. The van der Waals surface area contributed by atoms with Gasteiger partial charge in [-0.25, -0.2) is 4.39 Å². The third kappa shape index (κ3) is 2.30. The maximum Gasteiger partial charge on any atom is 0.274 e. The largest absolute Gasteiger partial charge is 0.313 e. The number of benzene rings is 1. The Morgan fingerprint density at radius 1 is 1.50 bits per heavy atom. The number of hydrogen-bond acceptors (Lipinski definition) is 6. The summed E-state index contributed by atoms with van der Waals surface area (Å²) in [5.41, 5.74) is -0.146. The van der Waals surface area contributed by atoms with Crippen LogP contribution in [-0.2, 0) is 6.54 Å². The minimum atomic E-state index is -0.717. The summed E-state index contributed by atoms with van der Waals surface area (Å²) in [7, 11) is 1.70. The van der Waals surface area contributed by atoms with Crippen LogP contribution in [0, 0.1) is 15.9 Å². The summed E-state index contributed by atoms with van der Waals surface area (Å²) in [6.07, 6.45) is 0. The first-order valence-corrected chi connectivity index (χ1v) is 4.99. The number of nitro benzene ring substituents is 1. The van der Waals surface area contributed by atoms with Gasteiger partial charge < -0.3 is 5.32 Å². The maximum atomic E-state index is 13.3. The second-order valence-electron chi connectivity index (χ2n) is 3.46. The molecule has 8 nitrogen and oxygen atoms in total. The number of aromatic nitrogens is 4. The average Bonchev–Trinajstić information content (AvgIpc) is 2.77. The highest BCUT2D eigenvalue weighted by atomic mass is 19.1. The van der Waals surface area contributed by atoms with Gasteiger partial charge in [-0.2, -0.15) is 4.68 Å². The van der Waals surface area contributed by atoms with Crippen molar-refractivity contribution in [2.45, 2.75) is 6.54 Å². The highest BCUT2D eigenvalue weighted by molar-refractivity contribution is 5.43. The van der Waals surface area contributed by atoms with Crippen LogP contribution in [0.4, 0.5) is 10.1 Å². The minimum absolute atomic E-state index is 0.206. The molecule has 0 saturated heterocycles. The zero-order chi connectivity index (χ0) is 13.1. The van der Waals surface area contributed by atoms with Crippen LogP contribution in [-0.4, -0.2) is 32.2 Å². The number of tetrazole rings is 1. The fraction of sp³-hybridized carbons (Fsp3) is 0.222. The highest BCUT2D eigenvalue weighted by Gasteiger charge is 2.14. The van der Waals surface area contributed by atoms with Gasteiger partial charge in [0.1, 0.15) is 5.82 Å². The summed E-state index contributed by atoms with van der Waals surface area (Å²) in [5.74, 6) is -0.289. The Bertz CT molecular complexity index is 584.